The van der Waals surface area contributed by atoms with Crippen LogP contribution in [0.5, 0.6) is 11.5 Å². The molecule has 42 heavy (non-hydrogen) atoms. The lowest BCUT2D eigenvalue weighted by molar-refractivity contribution is -0.139. The number of allylic oxidation sites excluding steroid dienone is 3. The molecule has 0 radical (unpaired) electrons. The second kappa shape index (κ2) is 11.0. The SMILES string of the molecule is C=CC1=CCC2C(=O)N(Nc3ncc(C(F)(F)F)cc3Cl)C(=O)C2(c2ccc(Cl)cc2)C1c1cccc(OCC)c1O. The van der Waals surface area contributed by atoms with Crippen molar-refractivity contribution in [2.24, 2.45) is 5.92 Å². The molecule has 2 aromatic carbocycles. The molecule has 0 bridgehead atoms. The van der Waals surface area contributed by atoms with Crippen molar-refractivity contribution in [2.75, 3.05) is 12.0 Å². The lowest BCUT2D eigenvalue weighted by Gasteiger charge is -2.43. The first-order chi connectivity index (χ1) is 19.9. The zero-order valence-electron chi connectivity index (χ0n) is 22.1. The van der Waals surface area contributed by atoms with E-state index in [0.717, 1.165) is 5.01 Å². The number of hydrogen-bond acceptors (Lipinski definition) is 6. The second-order valence-corrected chi connectivity index (χ2v) is 10.6. The molecule has 218 valence electrons. The van der Waals surface area contributed by atoms with Crippen LogP contribution in [0.15, 0.2) is 79.0 Å². The number of pyridine rings is 1. The van der Waals surface area contributed by atoms with Crippen molar-refractivity contribution < 1.29 is 32.6 Å². The Morgan fingerprint density at radius 3 is 2.55 bits per heavy atom. The summed E-state index contributed by atoms with van der Waals surface area (Å²) in [5.74, 6) is -3.62. The topological polar surface area (TPSA) is 91.8 Å². The fraction of sp³-hybridized carbons (Fsp3) is 0.233. The molecular formula is C30H24Cl2F3N3O4. The van der Waals surface area contributed by atoms with Gasteiger partial charge in [0.2, 0.25) is 0 Å². The number of nitrogens with one attached hydrogen (secondary N) is 1. The Labute approximate surface area is 249 Å². The summed E-state index contributed by atoms with van der Waals surface area (Å²) in [5, 5.41) is 12.0. The number of halogens is 5. The lowest BCUT2D eigenvalue weighted by Crippen LogP contribution is -2.48. The quantitative estimate of drug-likeness (QED) is 0.276. The van der Waals surface area contributed by atoms with Gasteiger partial charge in [-0.25, -0.2) is 4.98 Å². The third kappa shape index (κ3) is 4.68. The molecule has 1 saturated heterocycles. The summed E-state index contributed by atoms with van der Waals surface area (Å²) in [6, 6.07) is 12.0. The van der Waals surface area contributed by atoms with Crippen LogP contribution >= 0.6 is 23.2 Å². The Morgan fingerprint density at radius 2 is 1.93 bits per heavy atom. The zero-order valence-corrected chi connectivity index (χ0v) is 23.6. The Bertz CT molecular complexity index is 1610. The predicted molar refractivity (Wildman–Crippen MR) is 151 cm³/mol. The van der Waals surface area contributed by atoms with Gasteiger partial charge in [0.25, 0.3) is 11.8 Å². The number of rotatable bonds is 7. The second-order valence-electron chi connectivity index (χ2n) is 9.78. The summed E-state index contributed by atoms with van der Waals surface area (Å²) in [7, 11) is 0. The molecule has 1 aromatic heterocycles. The molecule has 3 aromatic rings. The first-order valence-electron chi connectivity index (χ1n) is 12.9. The third-order valence-electron chi connectivity index (χ3n) is 7.59. The molecule has 1 fully saturated rings. The molecule has 1 aliphatic carbocycles. The van der Waals surface area contributed by atoms with E-state index >= 15 is 0 Å². The van der Waals surface area contributed by atoms with Crippen molar-refractivity contribution in [1.82, 2.24) is 9.99 Å². The van der Waals surface area contributed by atoms with Gasteiger partial charge in [-0.3, -0.25) is 15.0 Å². The number of para-hydroxylation sites is 1. The van der Waals surface area contributed by atoms with Crippen LogP contribution in [0.1, 0.15) is 36.0 Å². The van der Waals surface area contributed by atoms with Crippen LogP contribution < -0.4 is 10.2 Å². The first kappa shape index (κ1) is 29.5. The first-order valence-corrected chi connectivity index (χ1v) is 13.6. The molecule has 3 atom stereocenters. The summed E-state index contributed by atoms with van der Waals surface area (Å²) in [4.78, 5) is 32.4. The maximum Gasteiger partial charge on any atom is 0.417 e. The average molecular weight is 618 g/mol. The van der Waals surface area contributed by atoms with Gasteiger partial charge >= 0.3 is 6.18 Å². The van der Waals surface area contributed by atoms with E-state index in [1.54, 1.807) is 61.5 Å². The highest BCUT2D eigenvalue weighted by Gasteiger charge is 2.66. The van der Waals surface area contributed by atoms with E-state index in [9.17, 15) is 27.9 Å². The van der Waals surface area contributed by atoms with E-state index in [1.165, 1.54) is 0 Å². The van der Waals surface area contributed by atoms with Gasteiger partial charge in [0.05, 0.1) is 28.5 Å². The van der Waals surface area contributed by atoms with Crippen LogP contribution in [-0.4, -0.2) is 33.5 Å². The van der Waals surface area contributed by atoms with Gasteiger partial charge < -0.3 is 9.84 Å². The standard InChI is InChI=1S/C30H24Cl2F3N3O4/c1-3-16-8-13-21-27(40)38(37-26-22(32)14-18(15-36-26)30(33,34)35)28(41)29(21,17-9-11-19(31)12-10-17)24(16)20-6-5-7-23(25(20)39)42-4-2/h3,5-12,14-15,21,24,39H,1,4,13H2,2H3,(H,36,37). The number of imide groups is 1. The number of anilines is 1. The van der Waals surface area contributed by atoms with Crippen molar-refractivity contribution in [1.29, 1.82) is 0 Å². The molecule has 2 heterocycles. The van der Waals surface area contributed by atoms with Crippen LogP contribution in [0.2, 0.25) is 10.0 Å². The van der Waals surface area contributed by atoms with E-state index in [4.69, 9.17) is 27.9 Å². The van der Waals surface area contributed by atoms with Crippen molar-refractivity contribution in [3.8, 4) is 11.5 Å². The number of carbonyl (C=O) groups excluding carboxylic acids is 2. The van der Waals surface area contributed by atoms with Crippen molar-refractivity contribution >= 4 is 40.8 Å². The van der Waals surface area contributed by atoms with Crippen molar-refractivity contribution in [2.45, 2.75) is 30.9 Å². The zero-order chi connectivity index (χ0) is 30.4. The minimum absolute atomic E-state index is 0.128. The van der Waals surface area contributed by atoms with Crippen molar-refractivity contribution in [3.63, 3.8) is 0 Å². The van der Waals surface area contributed by atoms with Crippen LogP contribution in [0.25, 0.3) is 0 Å². The van der Waals surface area contributed by atoms with Crippen LogP contribution in [0, 0.1) is 5.92 Å². The number of ether oxygens (including phenoxy) is 1. The number of alkyl halides is 3. The van der Waals surface area contributed by atoms with E-state index in [2.05, 4.69) is 17.0 Å². The van der Waals surface area contributed by atoms with E-state index in [1.807, 2.05) is 0 Å². The molecule has 0 saturated carbocycles. The summed E-state index contributed by atoms with van der Waals surface area (Å²) >= 11 is 12.3. The third-order valence-corrected chi connectivity index (χ3v) is 8.13. The summed E-state index contributed by atoms with van der Waals surface area (Å²) < 4.78 is 45.2. The Kier molecular flexibility index (Phi) is 7.72. The lowest BCUT2D eigenvalue weighted by atomic mass is 9.56. The summed E-state index contributed by atoms with van der Waals surface area (Å²) in [6.45, 7) is 5.96. The van der Waals surface area contributed by atoms with E-state index < -0.39 is 45.8 Å². The van der Waals surface area contributed by atoms with Gasteiger partial charge in [0, 0.05) is 22.7 Å². The minimum atomic E-state index is -4.69. The monoisotopic (exact) mass is 617 g/mol. The fourth-order valence-corrected chi connectivity index (χ4v) is 6.14. The van der Waals surface area contributed by atoms with E-state index in [-0.39, 0.29) is 30.3 Å². The Balaban J connectivity index is 1.71. The highest BCUT2D eigenvalue weighted by atomic mass is 35.5. The van der Waals surface area contributed by atoms with Gasteiger partial charge in [-0.15, -0.1) is 0 Å². The maximum atomic E-state index is 14.7. The molecule has 1 aliphatic heterocycles. The molecule has 0 spiro atoms. The molecule has 2 N–H and O–H groups in total. The number of phenols is 1. The number of fused-ring (bicyclic) bond motifs is 1. The van der Waals surface area contributed by atoms with Gasteiger partial charge in [0.1, 0.15) is 0 Å². The largest absolute Gasteiger partial charge is 0.504 e. The maximum absolute atomic E-state index is 14.7. The number of amides is 2. The van der Waals surface area contributed by atoms with E-state index in [0.29, 0.717) is 34.0 Å². The number of phenolic OH excluding ortho intramolecular Hbond substituents is 1. The van der Waals surface area contributed by atoms with Gasteiger partial charge in [0.15, 0.2) is 17.3 Å². The van der Waals surface area contributed by atoms with Crippen LogP contribution in [0.3, 0.4) is 0 Å². The van der Waals surface area contributed by atoms with Crippen LogP contribution in [0.4, 0.5) is 19.0 Å². The molecule has 2 aliphatic rings. The van der Waals surface area contributed by atoms with Crippen LogP contribution in [-0.2, 0) is 21.2 Å². The molecule has 12 heteroatoms. The molecule has 3 unspecified atom stereocenters. The highest BCUT2D eigenvalue weighted by Crippen LogP contribution is 2.59. The minimum Gasteiger partial charge on any atom is -0.504 e. The Morgan fingerprint density at radius 1 is 1.21 bits per heavy atom. The smallest absolute Gasteiger partial charge is 0.417 e. The average Bonchev–Trinajstić information content (AvgIpc) is 3.17. The predicted octanol–water partition coefficient (Wildman–Crippen LogP) is 7.06. The summed E-state index contributed by atoms with van der Waals surface area (Å²) in [5.41, 5.74) is 1.18. The van der Waals surface area contributed by atoms with Crippen molar-refractivity contribution in [3.05, 3.63) is 106 Å². The molecule has 7 nitrogen and oxygen atoms in total. The number of aromatic hydroxyl groups is 1. The fourth-order valence-electron chi connectivity index (χ4n) is 5.80. The normalized spacial score (nSPS) is 22.0. The molecular weight excluding hydrogens is 594 g/mol. The number of nitrogens with zero attached hydrogens (tertiary/aromatic N) is 2. The van der Waals surface area contributed by atoms with Gasteiger partial charge in [-0.1, -0.05) is 66.2 Å². The number of carbonyl (C=O) groups is 2. The highest BCUT2D eigenvalue weighted by molar-refractivity contribution is 6.33. The number of hydrogen-bond donors (Lipinski definition) is 2. The van der Waals surface area contributed by atoms with Gasteiger partial charge in [-0.05, 0) is 48.7 Å². The molecule has 5 rings (SSSR count). The number of hydrazine groups is 1. The number of aromatic nitrogens is 1. The van der Waals surface area contributed by atoms with Gasteiger partial charge in [-0.2, -0.15) is 18.2 Å². The Hall–Kier alpha value is -4.02. The molecule has 2 amide bonds. The summed E-state index contributed by atoms with van der Waals surface area (Å²) in [6.07, 6.45) is -0.670. The number of benzene rings is 2.